The van der Waals surface area contributed by atoms with Gasteiger partial charge in [0.25, 0.3) is 0 Å². The number of rotatable bonds is 3. The molecule has 0 radical (unpaired) electrons. The van der Waals surface area contributed by atoms with E-state index in [9.17, 15) is 14.7 Å². The Labute approximate surface area is 167 Å². The highest BCUT2D eigenvalue weighted by atomic mass is 35.5. The molecule has 146 valence electrons. The zero-order valence-corrected chi connectivity index (χ0v) is 16.3. The van der Waals surface area contributed by atoms with Crippen molar-refractivity contribution in [1.82, 2.24) is 0 Å². The maximum absolute atomic E-state index is 11.9. The average molecular weight is 403 g/mol. The number of ether oxygens (including phenoxy) is 2. The molecule has 0 bridgehead atoms. The molecular weight excluding hydrogens is 382 g/mol. The number of para-hydroxylation sites is 1. The summed E-state index contributed by atoms with van der Waals surface area (Å²) in [7, 11) is 1.82. The number of carboxylic acid groups (broad SMARTS) is 1. The lowest BCUT2D eigenvalue weighted by atomic mass is 9.84. The number of carbonyl (C=O) groups is 2. The zero-order valence-electron chi connectivity index (χ0n) is 15.6. The first kappa shape index (κ1) is 18.8. The van der Waals surface area contributed by atoms with Gasteiger partial charge in [-0.05, 0) is 24.3 Å². The maximum atomic E-state index is 11.9. The Morgan fingerprint density at radius 1 is 1.14 bits per heavy atom. The lowest BCUT2D eigenvalue weighted by Crippen LogP contribution is -2.56. The van der Waals surface area contributed by atoms with Crippen LogP contribution in [0.25, 0.3) is 0 Å². The van der Waals surface area contributed by atoms with Crippen LogP contribution < -0.4 is 4.74 Å². The molecule has 6 nitrogen and oxygen atoms in total. The predicted molar refractivity (Wildman–Crippen MR) is 103 cm³/mol. The summed E-state index contributed by atoms with van der Waals surface area (Å²) in [6.07, 6.45) is -1.26. The van der Waals surface area contributed by atoms with Gasteiger partial charge in [0.05, 0.1) is 20.1 Å². The van der Waals surface area contributed by atoms with E-state index in [1.54, 1.807) is 6.07 Å². The Hall–Kier alpha value is -2.57. The van der Waals surface area contributed by atoms with Gasteiger partial charge in [-0.1, -0.05) is 29.8 Å². The summed E-state index contributed by atoms with van der Waals surface area (Å²) in [6.45, 7) is 2.22. The molecule has 1 fully saturated rings. The number of carboxylic acids is 1. The number of halogens is 1. The fourth-order valence-corrected chi connectivity index (χ4v) is 4.73. The van der Waals surface area contributed by atoms with Crippen LogP contribution in [0, 0.1) is 0 Å². The van der Waals surface area contributed by atoms with Gasteiger partial charge >= 0.3 is 18.2 Å². The van der Waals surface area contributed by atoms with Crippen LogP contribution >= 0.6 is 11.6 Å². The topological polar surface area (TPSA) is 72.8 Å². The van der Waals surface area contributed by atoms with Crippen molar-refractivity contribution >= 4 is 23.5 Å². The standard InChI is InChI=1S/C21H20ClNO5/c1-12(24)27-20(21(25)26)23(2)10-16-14-5-3-4-6-18(14)28-19-8-7-13(22)9-15(19)17(16)11-23/h3-9,16-17,20H,10-11H2,1-2H3/p+1. The Bertz CT molecular complexity index is 962. The molecule has 2 heterocycles. The molecular formula is C21H21ClNO5+. The number of carbonyl (C=O) groups excluding carboxylic acids is 1. The molecule has 0 spiro atoms. The van der Waals surface area contributed by atoms with Crippen molar-refractivity contribution in [2.24, 2.45) is 0 Å². The lowest BCUT2D eigenvalue weighted by molar-refractivity contribution is -0.933. The summed E-state index contributed by atoms with van der Waals surface area (Å²) in [6, 6.07) is 13.3. The van der Waals surface area contributed by atoms with E-state index in [2.05, 4.69) is 0 Å². The van der Waals surface area contributed by atoms with Crippen LogP contribution in [0.4, 0.5) is 0 Å². The van der Waals surface area contributed by atoms with E-state index < -0.39 is 18.2 Å². The van der Waals surface area contributed by atoms with Crippen molar-refractivity contribution < 1.29 is 28.7 Å². The third-order valence-electron chi connectivity index (χ3n) is 5.68. The summed E-state index contributed by atoms with van der Waals surface area (Å²) in [5.74, 6) is -0.280. The molecule has 4 atom stereocenters. The van der Waals surface area contributed by atoms with E-state index in [1.165, 1.54) is 6.92 Å². The lowest BCUT2D eigenvalue weighted by Gasteiger charge is -2.34. The molecule has 2 aromatic rings. The van der Waals surface area contributed by atoms with Gasteiger partial charge in [-0.3, -0.25) is 9.28 Å². The van der Waals surface area contributed by atoms with E-state index in [4.69, 9.17) is 21.1 Å². The van der Waals surface area contributed by atoms with Crippen molar-refractivity contribution in [1.29, 1.82) is 0 Å². The first-order valence-corrected chi connectivity index (χ1v) is 9.47. The van der Waals surface area contributed by atoms with E-state index in [-0.39, 0.29) is 16.3 Å². The largest absolute Gasteiger partial charge is 0.474 e. The number of quaternary nitrogens is 1. The number of likely N-dealkylation sites (N-methyl/N-ethyl adjacent to an activating group) is 1. The first-order valence-electron chi connectivity index (χ1n) is 9.09. The van der Waals surface area contributed by atoms with Crippen molar-refractivity contribution in [3.05, 3.63) is 58.6 Å². The minimum Gasteiger partial charge on any atom is -0.474 e. The van der Waals surface area contributed by atoms with Crippen LogP contribution in [0.5, 0.6) is 11.5 Å². The molecule has 2 aliphatic rings. The van der Waals surface area contributed by atoms with E-state index in [0.717, 1.165) is 22.6 Å². The summed E-state index contributed by atoms with van der Waals surface area (Å²) in [5.41, 5.74) is 1.97. The molecule has 4 rings (SSSR count). The third-order valence-corrected chi connectivity index (χ3v) is 5.91. The highest BCUT2D eigenvalue weighted by Gasteiger charge is 2.54. The molecule has 1 saturated heterocycles. The van der Waals surface area contributed by atoms with Crippen molar-refractivity contribution in [2.75, 3.05) is 20.1 Å². The van der Waals surface area contributed by atoms with E-state index in [1.807, 2.05) is 43.4 Å². The first-order chi connectivity index (χ1) is 13.3. The van der Waals surface area contributed by atoms with Gasteiger partial charge in [-0.2, -0.15) is 0 Å². The molecule has 0 amide bonds. The number of hydrogen-bond acceptors (Lipinski definition) is 4. The second-order valence-electron chi connectivity index (χ2n) is 7.68. The quantitative estimate of drug-likeness (QED) is 0.625. The fourth-order valence-electron chi connectivity index (χ4n) is 4.55. The molecule has 7 heteroatoms. The molecule has 2 aliphatic heterocycles. The van der Waals surface area contributed by atoms with Crippen LogP contribution in [0.3, 0.4) is 0 Å². The van der Waals surface area contributed by atoms with Gasteiger partial charge in [0, 0.05) is 34.9 Å². The summed E-state index contributed by atoms with van der Waals surface area (Å²) in [5, 5.41) is 10.3. The number of aliphatic carboxylic acids is 1. The van der Waals surface area contributed by atoms with Crippen molar-refractivity contribution in [2.45, 2.75) is 25.0 Å². The fraction of sp³-hybridized carbons (Fsp3) is 0.333. The highest BCUT2D eigenvalue weighted by molar-refractivity contribution is 6.30. The minimum atomic E-state index is -1.26. The van der Waals surface area contributed by atoms with Crippen LogP contribution in [0.15, 0.2) is 42.5 Å². The maximum Gasteiger partial charge on any atom is 0.405 e. The second-order valence-corrected chi connectivity index (χ2v) is 8.12. The molecule has 2 aromatic carbocycles. The minimum absolute atomic E-state index is 0.0123. The SMILES string of the molecule is CC(=O)OC(C(=O)O)[N+]1(C)CC2c3ccccc3Oc3ccc(Cl)cc3C2C1. The predicted octanol–water partition coefficient (Wildman–Crippen LogP) is 3.75. The molecule has 0 aliphatic carbocycles. The van der Waals surface area contributed by atoms with Gasteiger partial charge < -0.3 is 14.6 Å². The van der Waals surface area contributed by atoms with Crippen molar-refractivity contribution in [3.63, 3.8) is 0 Å². The normalized spacial score (nSPS) is 26.1. The molecule has 1 N–H and O–H groups in total. The smallest absolute Gasteiger partial charge is 0.405 e. The van der Waals surface area contributed by atoms with Gasteiger partial charge in [-0.15, -0.1) is 0 Å². The third kappa shape index (κ3) is 3.12. The molecule has 0 saturated carbocycles. The number of benzene rings is 2. The average Bonchev–Trinajstić information content (AvgIpc) is 2.94. The Balaban J connectivity index is 1.83. The summed E-state index contributed by atoms with van der Waals surface area (Å²) >= 11 is 6.26. The van der Waals surface area contributed by atoms with E-state index >= 15 is 0 Å². The second kappa shape index (κ2) is 6.79. The van der Waals surface area contributed by atoms with Crippen LogP contribution in [0.2, 0.25) is 5.02 Å². The van der Waals surface area contributed by atoms with Gasteiger partial charge in [-0.25, -0.2) is 4.79 Å². The molecule has 28 heavy (non-hydrogen) atoms. The number of esters is 1. The van der Waals surface area contributed by atoms with Gasteiger partial charge in [0.15, 0.2) is 0 Å². The van der Waals surface area contributed by atoms with Crippen LogP contribution in [-0.4, -0.2) is 47.9 Å². The number of likely N-dealkylation sites (tertiary alicyclic amines) is 1. The zero-order chi connectivity index (χ0) is 20.1. The summed E-state index contributed by atoms with van der Waals surface area (Å²) in [4.78, 5) is 23.4. The van der Waals surface area contributed by atoms with Gasteiger partial charge in [0.1, 0.15) is 11.5 Å². The Kier molecular flexibility index (Phi) is 4.56. The van der Waals surface area contributed by atoms with E-state index in [0.29, 0.717) is 18.1 Å². The Morgan fingerprint density at radius 2 is 1.79 bits per heavy atom. The number of fused-ring (bicyclic) bond motifs is 5. The monoisotopic (exact) mass is 402 g/mol. The Morgan fingerprint density at radius 3 is 2.46 bits per heavy atom. The van der Waals surface area contributed by atoms with Crippen LogP contribution in [0.1, 0.15) is 29.9 Å². The highest BCUT2D eigenvalue weighted by Crippen LogP contribution is 2.52. The number of hydrogen-bond donors (Lipinski definition) is 1. The van der Waals surface area contributed by atoms with Gasteiger partial charge in [0.2, 0.25) is 0 Å². The molecule has 4 unspecified atom stereocenters. The van der Waals surface area contributed by atoms with Crippen LogP contribution in [-0.2, 0) is 14.3 Å². The molecule has 0 aromatic heterocycles. The van der Waals surface area contributed by atoms with Crippen molar-refractivity contribution in [3.8, 4) is 11.5 Å². The number of nitrogens with zero attached hydrogens (tertiary/aromatic N) is 1. The summed E-state index contributed by atoms with van der Waals surface area (Å²) < 4.78 is 11.5.